The van der Waals surface area contributed by atoms with Crippen molar-refractivity contribution in [3.05, 3.63) is 77.9 Å². The van der Waals surface area contributed by atoms with Gasteiger partial charge in [-0.1, -0.05) is 18.2 Å². The van der Waals surface area contributed by atoms with E-state index < -0.39 is 0 Å². The van der Waals surface area contributed by atoms with Crippen molar-refractivity contribution in [1.82, 2.24) is 29.5 Å². The molecule has 33 heavy (non-hydrogen) atoms. The van der Waals surface area contributed by atoms with Gasteiger partial charge in [0.1, 0.15) is 5.52 Å². The van der Waals surface area contributed by atoms with Crippen LogP contribution in [0, 0.1) is 18.3 Å². The van der Waals surface area contributed by atoms with Crippen LogP contribution < -0.4 is 5.73 Å². The van der Waals surface area contributed by atoms with E-state index in [1.54, 1.807) is 12.3 Å². The number of aromatic nitrogens is 6. The number of hydrogen-bond donors (Lipinski definition) is 1. The first-order valence-electron chi connectivity index (χ1n) is 10.7. The minimum absolute atomic E-state index is 0.338. The van der Waals surface area contributed by atoms with Gasteiger partial charge in [-0.05, 0) is 44.2 Å². The number of pyridine rings is 2. The smallest absolute Gasteiger partial charge is 0.152 e. The molecule has 4 heterocycles. The molecule has 0 saturated carbocycles. The van der Waals surface area contributed by atoms with Crippen molar-refractivity contribution in [2.75, 3.05) is 5.73 Å². The number of nitrogens with zero attached hydrogens (tertiary/aromatic N) is 7. The van der Waals surface area contributed by atoms with Gasteiger partial charge in [-0.25, -0.2) is 4.98 Å². The van der Waals surface area contributed by atoms with E-state index in [4.69, 9.17) is 15.8 Å². The second-order valence-corrected chi connectivity index (χ2v) is 7.80. The van der Waals surface area contributed by atoms with Crippen LogP contribution in [-0.2, 0) is 13.1 Å². The second kappa shape index (κ2) is 8.20. The van der Waals surface area contributed by atoms with Crippen molar-refractivity contribution >= 4 is 16.7 Å². The van der Waals surface area contributed by atoms with E-state index in [0.29, 0.717) is 35.7 Å². The highest BCUT2D eigenvalue weighted by Gasteiger charge is 2.21. The van der Waals surface area contributed by atoms with Gasteiger partial charge in [-0.15, -0.1) is 0 Å². The third-order valence-electron chi connectivity index (χ3n) is 5.55. The number of fused-ring (bicyclic) bond motifs is 1. The van der Waals surface area contributed by atoms with E-state index in [2.05, 4.69) is 16.2 Å². The fourth-order valence-electron chi connectivity index (χ4n) is 4.09. The Kier molecular flexibility index (Phi) is 5.07. The van der Waals surface area contributed by atoms with Crippen LogP contribution in [0.4, 0.5) is 5.82 Å². The summed E-state index contributed by atoms with van der Waals surface area (Å²) in [7, 11) is 0. The van der Waals surface area contributed by atoms with Gasteiger partial charge in [-0.2, -0.15) is 15.5 Å². The van der Waals surface area contributed by atoms with E-state index in [1.807, 2.05) is 71.9 Å². The zero-order valence-electron chi connectivity index (χ0n) is 18.4. The molecule has 1 aromatic carbocycles. The lowest BCUT2D eigenvalue weighted by Crippen LogP contribution is -2.03. The fourth-order valence-corrected chi connectivity index (χ4v) is 4.09. The van der Waals surface area contributed by atoms with Crippen molar-refractivity contribution in [3.8, 4) is 28.6 Å². The first-order valence-corrected chi connectivity index (χ1v) is 10.7. The van der Waals surface area contributed by atoms with Crippen LogP contribution >= 0.6 is 0 Å². The van der Waals surface area contributed by atoms with Crippen LogP contribution in [0.15, 0.2) is 60.9 Å². The second-order valence-electron chi connectivity index (χ2n) is 7.80. The minimum atomic E-state index is 0.338. The van der Waals surface area contributed by atoms with E-state index in [0.717, 1.165) is 33.6 Å². The largest absolute Gasteiger partial charge is 0.382 e. The summed E-state index contributed by atoms with van der Waals surface area (Å²) in [5.41, 5.74) is 12.8. The molecule has 0 saturated heterocycles. The Morgan fingerprint density at radius 3 is 2.73 bits per heavy atom. The third-order valence-corrected chi connectivity index (χ3v) is 5.55. The molecule has 0 spiro atoms. The van der Waals surface area contributed by atoms with Gasteiger partial charge in [0.05, 0.1) is 35.3 Å². The molecule has 0 atom stereocenters. The molecule has 2 N–H and O–H groups in total. The van der Waals surface area contributed by atoms with Gasteiger partial charge in [0.15, 0.2) is 5.82 Å². The van der Waals surface area contributed by atoms with Gasteiger partial charge in [0.25, 0.3) is 0 Å². The highest BCUT2D eigenvalue weighted by molar-refractivity contribution is 6.04. The lowest BCUT2D eigenvalue weighted by Gasteiger charge is -2.13. The SMILES string of the molecule is CCn1nccc1-c1c(-c2cccc(C#N)c2)nc(N)c2nn(Cc3cccc(C)n3)cc12. The zero-order valence-corrected chi connectivity index (χ0v) is 18.4. The van der Waals surface area contributed by atoms with Crippen LogP contribution in [0.25, 0.3) is 33.4 Å². The van der Waals surface area contributed by atoms with Crippen molar-refractivity contribution < 1.29 is 0 Å². The topological polar surface area (TPSA) is 111 Å². The van der Waals surface area contributed by atoms with E-state index in [1.165, 1.54) is 0 Å². The molecule has 0 fully saturated rings. The van der Waals surface area contributed by atoms with Crippen molar-refractivity contribution in [2.24, 2.45) is 0 Å². The molecule has 4 aromatic heterocycles. The molecule has 8 nitrogen and oxygen atoms in total. The Hall–Kier alpha value is -4.51. The monoisotopic (exact) mass is 434 g/mol. The zero-order chi connectivity index (χ0) is 22.9. The van der Waals surface area contributed by atoms with E-state index in [-0.39, 0.29) is 0 Å². The molecule has 0 aliphatic rings. The molecular weight excluding hydrogens is 412 g/mol. The molecule has 162 valence electrons. The average molecular weight is 435 g/mol. The first kappa shape index (κ1) is 20.4. The average Bonchev–Trinajstić information content (AvgIpc) is 3.46. The Morgan fingerprint density at radius 1 is 1.09 bits per heavy atom. The summed E-state index contributed by atoms with van der Waals surface area (Å²) in [6.07, 6.45) is 3.76. The number of aryl methyl sites for hydroxylation is 2. The van der Waals surface area contributed by atoms with E-state index in [9.17, 15) is 5.26 Å². The molecule has 0 aliphatic carbocycles. The summed E-state index contributed by atoms with van der Waals surface area (Å²) in [4.78, 5) is 9.34. The maximum atomic E-state index is 9.41. The van der Waals surface area contributed by atoms with Crippen LogP contribution in [-0.4, -0.2) is 29.5 Å². The van der Waals surface area contributed by atoms with Crippen molar-refractivity contribution in [2.45, 2.75) is 26.9 Å². The number of rotatable bonds is 5. The molecule has 0 amide bonds. The standard InChI is InChI=1S/C25H22N8/c1-3-33-21(10-11-28-33)22-20-15-32(14-19-9-4-6-16(2)29-19)31-24(20)25(27)30-23(22)18-8-5-7-17(12-18)13-26/h4-12,15H,3,14H2,1-2H3,(H2,27,30). The van der Waals surface area contributed by atoms with Gasteiger partial charge in [0, 0.05) is 41.1 Å². The Labute approximate surface area is 190 Å². The predicted molar refractivity (Wildman–Crippen MR) is 127 cm³/mol. The molecule has 0 radical (unpaired) electrons. The molecule has 5 aromatic rings. The number of benzene rings is 1. The highest BCUT2D eigenvalue weighted by Crippen LogP contribution is 2.38. The Morgan fingerprint density at radius 2 is 1.94 bits per heavy atom. The molecular formula is C25H22N8. The highest BCUT2D eigenvalue weighted by atomic mass is 15.3. The minimum Gasteiger partial charge on any atom is -0.382 e. The molecule has 5 rings (SSSR count). The quantitative estimate of drug-likeness (QED) is 0.444. The maximum absolute atomic E-state index is 9.41. The summed E-state index contributed by atoms with van der Waals surface area (Å²) in [5.74, 6) is 0.338. The fraction of sp³-hybridized carbons (Fsp3) is 0.160. The van der Waals surface area contributed by atoms with Crippen LogP contribution in [0.2, 0.25) is 0 Å². The number of nitrogen functional groups attached to an aromatic ring is 1. The van der Waals surface area contributed by atoms with Crippen molar-refractivity contribution in [3.63, 3.8) is 0 Å². The third kappa shape index (κ3) is 3.70. The summed E-state index contributed by atoms with van der Waals surface area (Å²) in [6, 6.07) is 17.5. The number of nitriles is 1. The summed E-state index contributed by atoms with van der Waals surface area (Å²) < 4.78 is 3.76. The number of anilines is 1. The van der Waals surface area contributed by atoms with Gasteiger partial charge < -0.3 is 5.73 Å². The predicted octanol–water partition coefficient (Wildman–Crippen LogP) is 4.19. The van der Waals surface area contributed by atoms with Crippen LogP contribution in [0.3, 0.4) is 0 Å². The molecule has 0 bridgehead atoms. The van der Waals surface area contributed by atoms with Gasteiger partial charge in [0.2, 0.25) is 0 Å². The Balaban J connectivity index is 1.76. The lowest BCUT2D eigenvalue weighted by molar-refractivity contribution is 0.667. The van der Waals surface area contributed by atoms with Crippen LogP contribution in [0.1, 0.15) is 23.9 Å². The first-order chi connectivity index (χ1) is 16.1. The maximum Gasteiger partial charge on any atom is 0.152 e. The molecule has 8 heteroatoms. The van der Waals surface area contributed by atoms with Gasteiger partial charge in [-0.3, -0.25) is 14.3 Å². The Bertz CT molecular complexity index is 1520. The van der Waals surface area contributed by atoms with Crippen molar-refractivity contribution in [1.29, 1.82) is 5.26 Å². The molecule has 0 aliphatic heterocycles. The summed E-state index contributed by atoms with van der Waals surface area (Å²) in [6.45, 7) is 5.23. The lowest BCUT2D eigenvalue weighted by atomic mass is 9.98. The van der Waals surface area contributed by atoms with Crippen LogP contribution in [0.5, 0.6) is 0 Å². The van der Waals surface area contributed by atoms with Gasteiger partial charge >= 0.3 is 0 Å². The summed E-state index contributed by atoms with van der Waals surface area (Å²) >= 11 is 0. The molecule has 0 unspecified atom stereocenters. The number of nitrogens with two attached hydrogens (primary N) is 1. The normalized spacial score (nSPS) is 11.1. The summed E-state index contributed by atoms with van der Waals surface area (Å²) in [5, 5.41) is 19.5. The van der Waals surface area contributed by atoms with E-state index >= 15 is 0 Å². The number of hydrogen-bond acceptors (Lipinski definition) is 6.